The first kappa shape index (κ1) is 23.5. The maximum atomic E-state index is 12.2. The number of ether oxygens (including phenoxy) is 5. The van der Waals surface area contributed by atoms with Gasteiger partial charge in [-0.25, -0.2) is 0 Å². The van der Waals surface area contributed by atoms with Crippen LogP contribution in [-0.4, -0.2) is 64.1 Å². The second-order valence-electron chi connectivity index (χ2n) is 7.50. The summed E-state index contributed by atoms with van der Waals surface area (Å²) in [5.41, 5.74) is 1.54. The van der Waals surface area contributed by atoms with Crippen LogP contribution in [0.1, 0.15) is 36.4 Å². The monoisotopic (exact) mass is 445 g/mol. The summed E-state index contributed by atoms with van der Waals surface area (Å²) in [6.45, 7) is 0.611. The van der Waals surface area contributed by atoms with E-state index in [4.69, 9.17) is 23.7 Å². The van der Waals surface area contributed by atoms with Gasteiger partial charge in [-0.3, -0.25) is 9.69 Å². The molecule has 1 saturated heterocycles. The molecule has 0 radical (unpaired) electrons. The summed E-state index contributed by atoms with van der Waals surface area (Å²) in [4.78, 5) is 14.2. The van der Waals surface area contributed by atoms with Gasteiger partial charge in [-0.1, -0.05) is 18.6 Å². The Labute approximate surface area is 188 Å². The van der Waals surface area contributed by atoms with Crippen LogP contribution in [0.15, 0.2) is 30.3 Å². The molecule has 3 rings (SSSR count). The second-order valence-corrected chi connectivity index (χ2v) is 7.50. The van der Waals surface area contributed by atoms with Crippen LogP contribution in [0.25, 0.3) is 0 Å². The molecular formula is C24H31NO7. The van der Waals surface area contributed by atoms with Gasteiger partial charge < -0.3 is 28.8 Å². The Kier molecular flexibility index (Phi) is 7.69. The highest BCUT2D eigenvalue weighted by Crippen LogP contribution is 2.49. The number of likely N-dealkylation sites (tertiary alicyclic amines) is 1. The number of carboxylic acid groups (broad SMARTS) is 1. The topological polar surface area (TPSA) is 86.7 Å². The molecule has 0 aliphatic carbocycles. The average Bonchev–Trinajstić information content (AvgIpc) is 2.83. The van der Waals surface area contributed by atoms with E-state index in [1.165, 1.54) is 0 Å². The van der Waals surface area contributed by atoms with Crippen molar-refractivity contribution in [3.8, 4) is 28.7 Å². The van der Waals surface area contributed by atoms with Gasteiger partial charge in [0.25, 0.3) is 0 Å². The zero-order valence-electron chi connectivity index (χ0n) is 19.2. The Morgan fingerprint density at radius 2 is 1.47 bits per heavy atom. The molecule has 0 amide bonds. The largest absolute Gasteiger partial charge is 0.493 e. The molecule has 0 aromatic heterocycles. The Hall–Kier alpha value is -3.13. The quantitative estimate of drug-likeness (QED) is 0.624. The van der Waals surface area contributed by atoms with Crippen LogP contribution in [0.5, 0.6) is 28.7 Å². The third kappa shape index (κ3) is 4.27. The van der Waals surface area contributed by atoms with Crippen molar-refractivity contribution in [2.75, 3.05) is 42.1 Å². The van der Waals surface area contributed by atoms with E-state index in [0.29, 0.717) is 41.7 Å². The second kappa shape index (κ2) is 10.5. The molecule has 1 aliphatic rings. The molecule has 2 unspecified atom stereocenters. The number of hydrogen-bond acceptors (Lipinski definition) is 7. The van der Waals surface area contributed by atoms with Crippen molar-refractivity contribution in [2.45, 2.75) is 31.3 Å². The lowest BCUT2D eigenvalue weighted by atomic mass is 9.90. The molecule has 1 N–H and O–H groups in total. The van der Waals surface area contributed by atoms with Gasteiger partial charge >= 0.3 is 5.97 Å². The molecule has 0 bridgehead atoms. The van der Waals surface area contributed by atoms with Crippen molar-refractivity contribution in [1.29, 1.82) is 0 Å². The Morgan fingerprint density at radius 1 is 0.844 bits per heavy atom. The summed E-state index contributed by atoms with van der Waals surface area (Å²) in [6.07, 6.45) is 2.31. The Bertz CT molecular complexity index is 946. The molecule has 174 valence electrons. The number of carbonyl (C=O) groups is 1. The number of methoxy groups -OCH3 is 5. The lowest BCUT2D eigenvalue weighted by Gasteiger charge is -2.40. The van der Waals surface area contributed by atoms with Gasteiger partial charge in [0.1, 0.15) is 6.04 Å². The van der Waals surface area contributed by atoms with Crippen LogP contribution >= 0.6 is 0 Å². The normalized spacial score (nSPS) is 17.3. The van der Waals surface area contributed by atoms with Gasteiger partial charge in [0.15, 0.2) is 23.0 Å². The summed E-state index contributed by atoms with van der Waals surface area (Å²) >= 11 is 0. The maximum Gasteiger partial charge on any atom is 0.320 e. The average molecular weight is 446 g/mol. The third-order valence-corrected chi connectivity index (χ3v) is 5.92. The molecular weight excluding hydrogens is 414 g/mol. The van der Waals surface area contributed by atoms with Gasteiger partial charge in [-0.2, -0.15) is 0 Å². The van der Waals surface area contributed by atoms with Crippen molar-refractivity contribution in [3.05, 3.63) is 41.5 Å². The van der Waals surface area contributed by atoms with Crippen molar-refractivity contribution in [1.82, 2.24) is 4.90 Å². The van der Waals surface area contributed by atoms with Crippen LogP contribution in [0.2, 0.25) is 0 Å². The number of rotatable bonds is 9. The van der Waals surface area contributed by atoms with E-state index in [9.17, 15) is 9.90 Å². The van der Waals surface area contributed by atoms with Crippen LogP contribution in [0.3, 0.4) is 0 Å². The summed E-state index contributed by atoms with van der Waals surface area (Å²) < 4.78 is 28.1. The Balaban J connectivity index is 2.31. The Morgan fingerprint density at radius 3 is 2.06 bits per heavy atom. The molecule has 2 aromatic rings. The number of hydrogen-bond donors (Lipinski definition) is 1. The van der Waals surface area contributed by atoms with Crippen LogP contribution in [0.4, 0.5) is 0 Å². The summed E-state index contributed by atoms with van der Waals surface area (Å²) in [5, 5.41) is 10.0. The summed E-state index contributed by atoms with van der Waals surface area (Å²) in [5.74, 6) is 1.72. The van der Waals surface area contributed by atoms with Gasteiger partial charge in [0.05, 0.1) is 41.6 Å². The lowest BCUT2D eigenvalue weighted by molar-refractivity contribution is -0.145. The summed E-state index contributed by atoms with van der Waals surface area (Å²) in [6, 6.07) is 8.18. The molecule has 1 fully saturated rings. The van der Waals surface area contributed by atoms with E-state index in [2.05, 4.69) is 0 Å². The fourth-order valence-corrected chi connectivity index (χ4v) is 4.52. The zero-order chi connectivity index (χ0) is 23.3. The molecule has 8 heteroatoms. The van der Waals surface area contributed by atoms with E-state index in [0.717, 1.165) is 24.0 Å². The van der Waals surface area contributed by atoms with Crippen molar-refractivity contribution < 1.29 is 33.6 Å². The molecule has 32 heavy (non-hydrogen) atoms. The first-order valence-electron chi connectivity index (χ1n) is 10.5. The summed E-state index contributed by atoms with van der Waals surface area (Å²) in [7, 11) is 7.83. The maximum absolute atomic E-state index is 12.2. The van der Waals surface area contributed by atoms with Gasteiger partial charge in [0, 0.05) is 11.1 Å². The fraction of sp³-hybridized carbons (Fsp3) is 0.458. The number of aliphatic carboxylic acids is 1. The van der Waals surface area contributed by atoms with E-state index in [1.807, 2.05) is 29.2 Å². The zero-order valence-corrected chi connectivity index (χ0v) is 19.2. The highest BCUT2D eigenvalue weighted by Gasteiger charge is 2.39. The minimum atomic E-state index is -0.851. The number of carboxylic acids is 1. The predicted octanol–water partition coefficient (Wildman–Crippen LogP) is 3.76. The molecule has 1 aliphatic heterocycles. The number of nitrogens with zero attached hydrogens (tertiary/aromatic N) is 1. The lowest BCUT2D eigenvalue weighted by Crippen LogP contribution is -2.47. The predicted molar refractivity (Wildman–Crippen MR) is 119 cm³/mol. The standard InChI is InChI=1S/C24H31NO7/c1-28-18-11-8-9-15(21(18)30-3)20(25-14-7-6-10-17(25)24(26)27)16-12-13-19(29-2)23(32-5)22(16)31-4/h8-9,11-13,17,20H,6-7,10,14H2,1-5H3,(H,26,27). The van der Waals surface area contributed by atoms with Crippen molar-refractivity contribution >= 4 is 5.97 Å². The highest BCUT2D eigenvalue weighted by molar-refractivity contribution is 5.74. The number of benzene rings is 2. The number of para-hydroxylation sites is 1. The number of piperidine rings is 1. The molecule has 0 saturated carbocycles. The van der Waals surface area contributed by atoms with E-state index >= 15 is 0 Å². The minimum absolute atomic E-state index is 0.447. The molecule has 8 nitrogen and oxygen atoms in total. The van der Waals surface area contributed by atoms with E-state index in [-0.39, 0.29) is 0 Å². The SMILES string of the molecule is COc1cccc(C(c2ccc(OC)c(OC)c2OC)N2CCCCC2C(=O)O)c1OC. The van der Waals surface area contributed by atoms with Crippen LogP contribution in [0, 0.1) is 0 Å². The van der Waals surface area contributed by atoms with Crippen molar-refractivity contribution in [3.63, 3.8) is 0 Å². The molecule has 0 spiro atoms. The van der Waals surface area contributed by atoms with Gasteiger partial charge in [0.2, 0.25) is 5.75 Å². The van der Waals surface area contributed by atoms with E-state index in [1.54, 1.807) is 41.6 Å². The third-order valence-electron chi connectivity index (χ3n) is 5.92. The van der Waals surface area contributed by atoms with Crippen LogP contribution < -0.4 is 23.7 Å². The molecule has 2 aromatic carbocycles. The first-order valence-corrected chi connectivity index (χ1v) is 10.5. The smallest absolute Gasteiger partial charge is 0.320 e. The highest BCUT2D eigenvalue weighted by atomic mass is 16.5. The van der Waals surface area contributed by atoms with Crippen molar-refractivity contribution in [2.24, 2.45) is 0 Å². The minimum Gasteiger partial charge on any atom is -0.493 e. The van der Waals surface area contributed by atoms with E-state index < -0.39 is 18.1 Å². The van der Waals surface area contributed by atoms with Gasteiger partial charge in [-0.15, -0.1) is 0 Å². The van der Waals surface area contributed by atoms with Crippen LogP contribution in [-0.2, 0) is 4.79 Å². The molecule has 1 heterocycles. The first-order chi connectivity index (χ1) is 15.5. The molecule has 2 atom stereocenters. The fourth-order valence-electron chi connectivity index (χ4n) is 4.52. The van der Waals surface area contributed by atoms with Gasteiger partial charge in [-0.05, 0) is 37.6 Å².